The van der Waals surface area contributed by atoms with Gasteiger partial charge in [0.1, 0.15) is 4.90 Å². The van der Waals surface area contributed by atoms with E-state index in [0.29, 0.717) is 24.2 Å². The third-order valence-corrected chi connectivity index (χ3v) is 5.42. The first kappa shape index (κ1) is 15.8. The summed E-state index contributed by atoms with van der Waals surface area (Å²) in [6.45, 7) is 2.23. The summed E-state index contributed by atoms with van der Waals surface area (Å²) in [5.41, 5.74) is 0.837. The summed E-state index contributed by atoms with van der Waals surface area (Å²) in [6, 6.07) is 1.46. The first-order valence-corrected chi connectivity index (χ1v) is 8.36. The van der Waals surface area contributed by atoms with Gasteiger partial charge in [0.2, 0.25) is 15.9 Å². The van der Waals surface area contributed by atoms with Crippen LogP contribution in [0.25, 0.3) is 11.1 Å². The number of methoxy groups -OCH3 is 1. The van der Waals surface area contributed by atoms with Crippen LogP contribution in [0.3, 0.4) is 0 Å². The van der Waals surface area contributed by atoms with Crippen molar-refractivity contribution in [3.63, 3.8) is 0 Å². The summed E-state index contributed by atoms with van der Waals surface area (Å²) in [5, 5.41) is 4.29. The average molecular weight is 340 g/mol. The SMILES string of the molecule is COCCN1CN(S(=O)(=O)c2cnc3onc(C)c3c2)CC1=O. The molecule has 0 spiro atoms. The van der Waals surface area contributed by atoms with E-state index in [4.69, 9.17) is 9.26 Å². The Labute approximate surface area is 132 Å². The Morgan fingerprint density at radius 1 is 1.43 bits per heavy atom. The van der Waals surface area contributed by atoms with Gasteiger partial charge in [-0.3, -0.25) is 4.79 Å². The molecule has 1 fully saturated rings. The molecule has 3 rings (SSSR count). The van der Waals surface area contributed by atoms with E-state index in [0.717, 1.165) is 4.31 Å². The van der Waals surface area contributed by atoms with Gasteiger partial charge < -0.3 is 14.2 Å². The number of carbonyl (C=O) groups excluding carboxylic acids is 1. The van der Waals surface area contributed by atoms with Crippen LogP contribution in [0.15, 0.2) is 21.7 Å². The van der Waals surface area contributed by atoms with E-state index in [-0.39, 0.29) is 29.7 Å². The number of hydrogen-bond acceptors (Lipinski definition) is 7. The van der Waals surface area contributed by atoms with Crippen molar-refractivity contribution in [2.75, 3.05) is 33.5 Å². The zero-order chi connectivity index (χ0) is 16.6. The molecule has 2 aromatic heterocycles. The largest absolute Gasteiger partial charge is 0.383 e. The van der Waals surface area contributed by atoms with Gasteiger partial charge in [0.25, 0.3) is 5.71 Å². The van der Waals surface area contributed by atoms with Crippen molar-refractivity contribution in [1.82, 2.24) is 19.3 Å². The van der Waals surface area contributed by atoms with E-state index in [2.05, 4.69) is 10.1 Å². The molecule has 124 valence electrons. The van der Waals surface area contributed by atoms with Gasteiger partial charge >= 0.3 is 0 Å². The maximum absolute atomic E-state index is 12.7. The minimum Gasteiger partial charge on any atom is -0.383 e. The molecule has 0 aromatic carbocycles. The number of aryl methyl sites for hydroxylation is 1. The average Bonchev–Trinajstić information content (AvgIpc) is 3.09. The fourth-order valence-electron chi connectivity index (χ4n) is 2.34. The highest BCUT2D eigenvalue weighted by Crippen LogP contribution is 2.24. The minimum atomic E-state index is -3.82. The molecular formula is C13H16N4O5S. The fraction of sp³-hybridized carbons (Fsp3) is 0.462. The normalized spacial score (nSPS) is 16.6. The van der Waals surface area contributed by atoms with Crippen molar-refractivity contribution in [3.05, 3.63) is 18.0 Å². The van der Waals surface area contributed by atoms with Gasteiger partial charge in [-0.05, 0) is 13.0 Å². The molecule has 1 amide bonds. The lowest BCUT2D eigenvalue weighted by molar-refractivity contribution is -0.127. The number of pyridine rings is 1. The van der Waals surface area contributed by atoms with Crippen molar-refractivity contribution < 1.29 is 22.5 Å². The van der Waals surface area contributed by atoms with Crippen LogP contribution in [-0.2, 0) is 19.6 Å². The molecule has 3 heterocycles. The number of aromatic nitrogens is 2. The summed E-state index contributed by atoms with van der Waals surface area (Å²) in [6.07, 6.45) is 1.21. The van der Waals surface area contributed by atoms with Crippen LogP contribution >= 0.6 is 0 Å². The standard InChI is InChI=1S/C13H16N4O5S/c1-9-11-5-10(6-14-13(11)22-15-9)23(19,20)17-7-12(18)16(8-17)3-4-21-2/h5-6H,3-4,7-8H2,1-2H3. The molecule has 1 aliphatic rings. The Morgan fingerprint density at radius 3 is 2.96 bits per heavy atom. The second-order valence-electron chi connectivity index (χ2n) is 5.20. The van der Waals surface area contributed by atoms with Crippen LogP contribution in [0.5, 0.6) is 0 Å². The van der Waals surface area contributed by atoms with E-state index in [1.807, 2.05) is 0 Å². The van der Waals surface area contributed by atoms with Crippen molar-refractivity contribution in [2.45, 2.75) is 11.8 Å². The highest BCUT2D eigenvalue weighted by molar-refractivity contribution is 7.89. The van der Waals surface area contributed by atoms with Gasteiger partial charge in [0.05, 0.1) is 37.1 Å². The maximum Gasteiger partial charge on any atom is 0.257 e. The second-order valence-corrected chi connectivity index (χ2v) is 7.14. The third kappa shape index (κ3) is 2.80. The fourth-order valence-corrected chi connectivity index (χ4v) is 3.67. The minimum absolute atomic E-state index is 0.00514. The van der Waals surface area contributed by atoms with Crippen molar-refractivity contribution in [3.8, 4) is 0 Å². The summed E-state index contributed by atoms with van der Waals surface area (Å²) >= 11 is 0. The Kier molecular flexibility index (Phi) is 4.04. The molecule has 10 heteroatoms. The van der Waals surface area contributed by atoms with Gasteiger partial charge in [-0.15, -0.1) is 0 Å². The predicted octanol–water partition coefficient (Wildman–Crippen LogP) is -0.0320. The van der Waals surface area contributed by atoms with Gasteiger partial charge in [0.15, 0.2) is 0 Å². The predicted molar refractivity (Wildman–Crippen MR) is 78.9 cm³/mol. The molecule has 0 atom stereocenters. The Balaban J connectivity index is 1.88. The number of sulfonamides is 1. The van der Waals surface area contributed by atoms with Crippen LogP contribution in [0, 0.1) is 6.92 Å². The molecule has 1 saturated heterocycles. The second kappa shape index (κ2) is 5.87. The van der Waals surface area contributed by atoms with E-state index >= 15 is 0 Å². The Morgan fingerprint density at radius 2 is 2.22 bits per heavy atom. The number of amides is 1. The number of hydrogen-bond donors (Lipinski definition) is 0. The van der Waals surface area contributed by atoms with Gasteiger partial charge in [-0.25, -0.2) is 13.4 Å². The van der Waals surface area contributed by atoms with Crippen LogP contribution in [0.1, 0.15) is 5.69 Å². The molecule has 1 aliphatic heterocycles. The summed E-state index contributed by atoms with van der Waals surface area (Å²) in [7, 11) is -2.29. The molecule has 0 unspecified atom stereocenters. The first-order valence-electron chi connectivity index (χ1n) is 6.92. The molecule has 9 nitrogen and oxygen atoms in total. The molecule has 23 heavy (non-hydrogen) atoms. The number of fused-ring (bicyclic) bond motifs is 1. The first-order chi connectivity index (χ1) is 10.9. The van der Waals surface area contributed by atoms with Crippen molar-refractivity contribution in [1.29, 1.82) is 0 Å². The summed E-state index contributed by atoms with van der Waals surface area (Å²) in [5.74, 6) is -0.249. The number of carbonyl (C=O) groups is 1. The Hall–Kier alpha value is -2.04. The molecule has 0 aliphatic carbocycles. The summed E-state index contributed by atoms with van der Waals surface area (Å²) in [4.78, 5) is 17.3. The molecule has 0 N–H and O–H groups in total. The van der Waals surface area contributed by atoms with Gasteiger partial charge in [0, 0.05) is 13.7 Å². The van der Waals surface area contributed by atoms with Crippen LogP contribution < -0.4 is 0 Å². The van der Waals surface area contributed by atoms with Crippen LogP contribution in [-0.4, -0.2) is 67.1 Å². The molecule has 0 bridgehead atoms. The Bertz CT molecular complexity index is 847. The highest BCUT2D eigenvalue weighted by atomic mass is 32.2. The highest BCUT2D eigenvalue weighted by Gasteiger charge is 2.36. The van der Waals surface area contributed by atoms with E-state index in [9.17, 15) is 13.2 Å². The zero-order valence-corrected chi connectivity index (χ0v) is 13.5. The monoisotopic (exact) mass is 340 g/mol. The quantitative estimate of drug-likeness (QED) is 0.752. The third-order valence-electron chi connectivity index (χ3n) is 3.68. The zero-order valence-electron chi connectivity index (χ0n) is 12.7. The summed E-state index contributed by atoms with van der Waals surface area (Å²) < 4.78 is 36.4. The number of ether oxygens (including phenoxy) is 1. The molecule has 0 radical (unpaired) electrons. The van der Waals surface area contributed by atoms with Crippen LogP contribution in [0.2, 0.25) is 0 Å². The van der Waals surface area contributed by atoms with E-state index < -0.39 is 10.0 Å². The molecule has 2 aromatic rings. The van der Waals surface area contributed by atoms with E-state index in [1.54, 1.807) is 6.92 Å². The van der Waals surface area contributed by atoms with E-state index in [1.165, 1.54) is 24.3 Å². The molecule has 0 saturated carbocycles. The topological polar surface area (TPSA) is 106 Å². The smallest absolute Gasteiger partial charge is 0.257 e. The maximum atomic E-state index is 12.7. The lowest BCUT2D eigenvalue weighted by Crippen LogP contribution is -2.32. The lowest BCUT2D eigenvalue weighted by atomic mass is 10.3. The number of rotatable bonds is 5. The van der Waals surface area contributed by atoms with Crippen molar-refractivity contribution in [2.24, 2.45) is 0 Å². The van der Waals surface area contributed by atoms with Gasteiger partial charge in [-0.2, -0.15) is 4.31 Å². The number of nitrogens with zero attached hydrogens (tertiary/aromatic N) is 4. The van der Waals surface area contributed by atoms with Crippen LogP contribution in [0.4, 0.5) is 0 Å². The van der Waals surface area contributed by atoms with Crippen molar-refractivity contribution >= 4 is 27.0 Å². The molecular weight excluding hydrogens is 324 g/mol. The van der Waals surface area contributed by atoms with Gasteiger partial charge in [-0.1, -0.05) is 5.16 Å². The lowest BCUT2D eigenvalue weighted by Gasteiger charge is -2.17.